The first-order valence-electron chi connectivity index (χ1n) is 9.14. The van der Waals surface area contributed by atoms with Crippen molar-refractivity contribution in [2.45, 2.75) is 17.1 Å². The van der Waals surface area contributed by atoms with E-state index in [1.165, 1.54) is 23.9 Å². The molecule has 0 aliphatic rings. The number of nitrogens with zero attached hydrogens (tertiary/aromatic N) is 2. The van der Waals surface area contributed by atoms with Gasteiger partial charge in [0.1, 0.15) is 5.75 Å². The van der Waals surface area contributed by atoms with Crippen LogP contribution in [0.15, 0.2) is 71.9 Å². The molecule has 0 saturated carbocycles. The number of hydrogen-bond donors (Lipinski definition) is 0. The highest BCUT2D eigenvalue weighted by molar-refractivity contribution is 7.98. The third-order valence-corrected chi connectivity index (χ3v) is 5.86. The van der Waals surface area contributed by atoms with Crippen molar-refractivity contribution in [3.8, 4) is 11.4 Å². The molecule has 9 heteroatoms. The molecule has 0 fully saturated rings. The molecule has 4 rings (SSSR count). The molecule has 3 aromatic carbocycles. The van der Waals surface area contributed by atoms with Crippen molar-refractivity contribution in [1.29, 1.82) is 0 Å². The van der Waals surface area contributed by atoms with Crippen LogP contribution in [-0.4, -0.2) is 22.3 Å². The number of imidazole rings is 1. The molecule has 0 atom stereocenters. The van der Waals surface area contributed by atoms with Gasteiger partial charge in [-0.3, -0.25) is 4.57 Å². The van der Waals surface area contributed by atoms with Crippen LogP contribution in [0.25, 0.3) is 16.7 Å². The second-order valence-electron chi connectivity index (χ2n) is 6.68. The standard InChI is InChI=1S/C22H15Cl2F3N2OS/c23-15-3-1-14(2-4-15)12-31-21-28-19-11-16(24)5-10-20(19)29(21)17-6-8-18(9-7-17)30-13-22(25,26)27/h1-11H,12-13H2. The summed E-state index contributed by atoms with van der Waals surface area (Å²) in [5.41, 5.74) is 3.40. The van der Waals surface area contributed by atoms with Gasteiger partial charge in [0.2, 0.25) is 0 Å². The lowest BCUT2D eigenvalue weighted by molar-refractivity contribution is -0.153. The van der Waals surface area contributed by atoms with E-state index >= 15 is 0 Å². The largest absolute Gasteiger partial charge is 0.484 e. The highest BCUT2D eigenvalue weighted by Gasteiger charge is 2.28. The summed E-state index contributed by atoms with van der Waals surface area (Å²) < 4.78 is 43.9. The lowest BCUT2D eigenvalue weighted by Gasteiger charge is -2.12. The van der Waals surface area contributed by atoms with Crippen LogP contribution in [0.5, 0.6) is 5.75 Å². The van der Waals surface area contributed by atoms with E-state index in [1.54, 1.807) is 24.3 Å². The van der Waals surface area contributed by atoms with Crippen molar-refractivity contribution in [2.24, 2.45) is 0 Å². The van der Waals surface area contributed by atoms with E-state index in [9.17, 15) is 13.2 Å². The number of rotatable bonds is 6. The van der Waals surface area contributed by atoms with Crippen molar-refractivity contribution < 1.29 is 17.9 Å². The number of benzene rings is 3. The summed E-state index contributed by atoms with van der Waals surface area (Å²) in [6.07, 6.45) is -4.38. The lowest BCUT2D eigenvalue weighted by Crippen LogP contribution is -2.19. The van der Waals surface area contributed by atoms with Gasteiger partial charge in [0.15, 0.2) is 11.8 Å². The Kier molecular flexibility index (Phi) is 6.36. The van der Waals surface area contributed by atoms with Crippen molar-refractivity contribution in [1.82, 2.24) is 9.55 Å². The molecule has 0 N–H and O–H groups in total. The third kappa shape index (κ3) is 5.47. The molecule has 0 amide bonds. The Bertz CT molecular complexity index is 1190. The van der Waals surface area contributed by atoms with Gasteiger partial charge in [0, 0.05) is 21.5 Å². The van der Waals surface area contributed by atoms with E-state index in [4.69, 9.17) is 32.9 Å². The van der Waals surface area contributed by atoms with Gasteiger partial charge in [0.25, 0.3) is 0 Å². The Balaban J connectivity index is 1.65. The first-order valence-corrected chi connectivity index (χ1v) is 10.9. The summed E-state index contributed by atoms with van der Waals surface area (Å²) in [5.74, 6) is 0.810. The molecule has 0 spiro atoms. The number of hydrogen-bond acceptors (Lipinski definition) is 3. The van der Waals surface area contributed by atoms with E-state index < -0.39 is 12.8 Å². The zero-order valence-electron chi connectivity index (χ0n) is 15.9. The second kappa shape index (κ2) is 9.02. The summed E-state index contributed by atoms with van der Waals surface area (Å²) in [7, 11) is 0. The number of thioether (sulfide) groups is 1. The van der Waals surface area contributed by atoms with Gasteiger partial charge in [-0.1, -0.05) is 47.1 Å². The topological polar surface area (TPSA) is 27.1 Å². The molecular formula is C22H15Cl2F3N2OS. The fourth-order valence-electron chi connectivity index (χ4n) is 2.96. The molecule has 0 aliphatic carbocycles. The maximum atomic E-state index is 12.4. The van der Waals surface area contributed by atoms with Gasteiger partial charge < -0.3 is 4.74 Å². The van der Waals surface area contributed by atoms with Crippen LogP contribution >= 0.6 is 35.0 Å². The third-order valence-electron chi connectivity index (χ3n) is 4.36. The summed E-state index contributed by atoms with van der Waals surface area (Å²) >= 11 is 13.6. The number of fused-ring (bicyclic) bond motifs is 1. The molecule has 0 bridgehead atoms. The molecule has 0 radical (unpaired) electrons. The highest BCUT2D eigenvalue weighted by Crippen LogP contribution is 2.32. The van der Waals surface area contributed by atoms with Crippen LogP contribution in [-0.2, 0) is 5.75 Å². The van der Waals surface area contributed by atoms with E-state index in [-0.39, 0.29) is 5.75 Å². The predicted octanol–water partition coefficient (Wildman–Crippen LogP) is 7.57. The van der Waals surface area contributed by atoms with Gasteiger partial charge in [-0.25, -0.2) is 4.98 Å². The van der Waals surface area contributed by atoms with E-state index in [0.29, 0.717) is 15.8 Å². The summed E-state index contributed by atoms with van der Waals surface area (Å²) in [4.78, 5) is 4.71. The minimum Gasteiger partial charge on any atom is -0.484 e. The lowest BCUT2D eigenvalue weighted by atomic mass is 10.2. The highest BCUT2D eigenvalue weighted by atomic mass is 35.5. The maximum absolute atomic E-state index is 12.4. The van der Waals surface area contributed by atoms with Gasteiger partial charge in [-0.15, -0.1) is 0 Å². The first-order chi connectivity index (χ1) is 14.8. The Labute approximate surface area is 190 Å². The molecule has 1 aromatic heterocycles. The van der Waals surface area contributed by atoms with Crippen LogP contribution < -0.4 is 4.74 Å². The zero-order valence-corrected chi connectivity index (χ0v) is 18.2. The number of halogens is 5. The SMILES string of the molecule is FC(F)(F)COc1ccc(-n2c(SCc3ccc(Cl)cc3)nc3cc(Cl)ccc32)cc1. The van der Waals surface area contributed by atoms with Crippen molar-refractivity contribution in [3.63, 3.8) is 0 Å². The van der Waals surface area contributed by atoms with E-state index in [2.05, 4.69) is 0 Å². The van der Waals surface area contributed by atoms with Gasteiger partial charge in [0.05, 0.1) is 11.0 Å². The summed E-state index contributed by atoms with van der Waals surface area (Å²) in [6, 6.07) is 19.4. The molecule has 31 heavy (non-hydrogen) atoms. The summed E-state index contributed by atoms with van der Waals surface area (Å²) in [5, 5.41) is 1.97. The zero-order chi connectivity index (χ0) is 22.0. The monoisotopic (exact) mass is 482 g/mol. The normalized spacial score (nSPS) is 11.8. The van der Waals surface area contributed by atoms with Crippen LogP contribution in [0.2, 0.25) is 10.0 Å². The number of ether oxygens (including phenoxy) is 1. The van der Waals surface area contributed by atoms with Crippen LogP contribution in [0, 0.1) is 0 Å². The Hall–Kier alpha value is -2.35. The molecule has 160 valence electrons. The van der Waals surface area contributed by atoms with Gasteiger partial charge >= 0.3 is 6.18 Å². The molecule has 0 saturated heterocycles. The van der Waals surface area contributed by atoms with Crippen LogP contribution in [0.1, 0.15) is 5.56 Å². The smallest absolute Gasteiger partial charge is 0.422 e. The Morgan fingerprint density at radius 3 is 2.26 bits per heavy atom. The Morgan fingerprint density at radius 2 is 1.58 bits per heavy atom. The first kappa shape index (κ1) is 21.9. The van der Waals surface area contributed by atoms with Crippen molar-refractivity contribution in [2.75, 3.05) is 6.61 Å². The van der Waals surface area contributed by atoms with Gasteiger partial charge in [-0.05, 0) is 60.2 Å². The second-order valence-corrected chi connectivity index (χ2v) is 8.49. The minimum absolute atomic E-state index is 0.143. The van der Waals surface area contributed by atoms with Gasteiger partial charge in [-0.2, -0.15) is 13.2 Å². The molecular weight excluding hydrogens is 468 g/mol. The van der Waals surface area contributed by atoms with E-state index in [1.807, 2.05) is 34.9 Å². The molecule has 1 heterocycles. The summed E-state index contributed by atoms with van der Waals surface area (Å²) in [6.45, 7) is -1.33. The quantitative estimate of drug-likeness (QED) is 0.265. The molecule has 0 unspecified atom stereocenters. The van der Waals surface area contributed by atoms with Crippen molar-refractivity contribution in [3.05, 3.63) is 82.3 Å². The van der Waals surface area contributed by atoms with Crippen LogP contribution in [0.4, 0.5) is 13.2 Å². The fraction of sp³-hybridized carbons (Fsp3) is 0.136. The average Bonchev–Trinajstić information content (AvgIpc) is 3.09. The van der Waals surface area contributed by atoms with Crippen molar-refractivity contribution >= 4 is 46.0 Å². The molecule has 0 aliphatic heterocycles. The average molecular weight is 483 g/mol. The van der Waals surface area contributed by atoms with E-state index in [0.717, 1.165) is 27.4 Å². The number of aromatic nitrogens is 2. The fourth-order valence-corrected chi connectivity index (χ4v) is 4.24. The molecule has 3 nitrogen and oxygen atoms in total. The molecule has 4 aromatic rings. The van der Waals surface area contributed by atoms with Crippen LogP contribution in [0.3, 0.4) is 0 Å². The Morgan fingerprint density at radius 1 is 0.903 bits per heavy atom. The number of alkyl halides is 3. The minimum atomic E-state index is -4.38. The predicted molar refractivity (Wildman–Crippen MR) is 119 cm³/mol. The maximum Gasteiger partial charge on any atom is 0.422 e.